The zero-order valence-corrected chi connectivity index (χ0v) is 21.0. The standard InChI is InChI=1S/C31H35FN2O2/c1-23-9-8-12-26(19-23)21-30(35)34(22-25-15-17-27(32)18-16-25)29(20-24-10-4-2-5-11-24)31(36)33-28-13-6-3-7-14-28/h2,4-5,8-12,15-19,28-29H,3,6-7,13-14,20-22H2,1H3,(H,33,36). The van der Waals surface area contributed by atoms with Gasteiger partial charge >= 0.3 is 0 Å². The van der Waals surface area contributed by atoms with Gasteiger partial charge in [-0.2, -0.15) is 0 Å². The van der Waals surface area contributed by atoms with Crippen molar-refractivity contribution in [3.05, 3.63) is 107 Å². The molecule has 188 valence electrons. The van der Waals surface area contributed by atoms with Crippen LogP contribution in [0.25, 0.3) is 0 Å². The van der Waals surface area contributed by atoms with Gasteiger partial charge in [0.05, 0.1) is 6.42 Å². The van der Waals surface area contributed by atoms with Gasteiger partial charge in [-0.3, -0.25) is 9.59 Å². The Kier molecular flexibility index (Phi) is 8.88. The Bertz CT molecular complexity index is 1140. The van der Waals surface area contributed by atoms with Crippen LogP contribution < -0.4 is 5.32 Å². The van der Waals surface area contributed by atoms with E-state index in [1.807, 2.05) is 61.5 Å². The fraction of sp³-hybridized carbons (Fsp3) is 0.355. The number of nitrogens with zero attached hydrogens (tertiary/aromatic N) is 1. The molecule has 1 unspecified atom stereocenters. The van der Waals surface area contributed by atoms with Gasteiger partial charge in [-0.05, 0) is 48.6 Å². The van der Waals surface area contributed by atoms with Crippen molar-refractivity contribution < 1.29 is 14.0 Å². The van der Waals surface area contributed by atoms with E-state index in [2.05, 4.69) is 5.32 Å². The average Bonchev–Trinajstić information content (AvgIpc) is 2.88. The van der Waals surface area contributed by atoms with Gasteiger partial charge in [-0.1, -0.05) is 91.6 Å². The number of halogens is 1. The zero-order chi connectivity index (χ0) is 25.3. The third kappa shape index (κ3) is 7.27. The normalized spacial score (nSPS) is 14.7. The molecule has 5 heteroatoms. The summed E-state index contributed by atoms with van der Waals surface area (Å²) in [7, 11) is 0. The number of hydrogen-bond acceptors (Lipinski definition) is 2. The number of nitrogens with one attached hydrogen (secondary N) is 1. The number of carbonyl (C=O) groups excluding carboxylic acids is 2. The topological polar surface area (TPSA) is 49.4 Å². The summed E-state index contributed by atoms with van der Waals surface area (Å²) in [4.78, 5) is 29.2. The number of aryl methyl sites for hydroxylation is 1. The highest BCUT2D eigenvalue weighted by Crippen LogP contribution is 2.20. The van der Waals surface area contributed by atoms with Crippen LogP contribution in [-0.2, 0) is 29.0 Å². The smallest absolute Gasteiger partial charge is 0.243 e. The van der Waals surface area contributed by atoms with Crippen molar-refractivity contribution in [2.75, 3.05) is 0 Å². The molecule has 0 aliphatic heterocycles. The minimum atomic E-state index is -0.670. The van der Waals surface area contributed by atoms with E-state index < -0.39 is 6.04 Å². The van der Waals surface area contributed by atoms with Crippen LogP contribution in [0.15, 0.2) is 78.9 Å². The Morgan fingerprint density at radius 1 is 0.889 bits per heavy atom. The first-order valence-corrected chi connectivity index (χ1v) is 12.9. The largest absolute Gasteiger partial charge is 0.352 e. The van der Waals surface area contributed by atoms with Gasteiger partial charge in [0.1, 0.15) is 11.9 Å². The van der Waals surface area contributed by atoms with Crippen molar-refractivity contribution in [1.82, 2.24) is 10.2 Å². The van der Waals surface area contributed by atoms with E-state index in [9.17, 15) is 14.0 Å². The van der Waals surface area contributed by atoms with E-state index in [1.165, 1.54) is 18.6 Å². The quantitative estimate of drug-likeness (QED) is 0.418. The third-order valence-corrected chi connectivity index (χ3v) is 6.93. The average molecular weight is 487 g/mol. The van der Waals surface area contributed by atoms with Crippen molar-refractivity contribution >= 4 is 11.8 Å². The predicted molar refractivity (Wildman–Crippen MR) is 141 cm³/mol. The minimum Gasteiger partial charge on any atom is -0.352 e. The van der Waals surface area contributed by atoms with E-state index in [1.54, 1.807) is 17.0 Å². The lowest BCUT2D eigenvalue weighted by Gasteiger charge is -2.33. The minimum absolute atomic E-state index is 0.120. The number of carbonyl (C=O) groups is 2. The highest BCUT2D eigenvalue weighted by Gasteiger charge is 2.32. The van der Waals surface area contributed by atoms with E-state index in [0.29, 0.717) is 6.42 Å². The number of benzene rings is 3. The van der Waals surface area contributed by atoms with Crippen LogP contribution in [0.3, 0.4) is 0 Å². The molecule has 1 N–H and O–H groups in total. The maximum atomic E-state index is 13.8. The maximum absolute atomic E-state index is 13.8. The highest BCUT2D eigenvalue weighted by molar-refractivity contribution is 5.89. The molecule has 0 radical (unpaired) electrons. The second-order valence-corrected chi connectivity index (χ2v) is 9.86. The fourth-order valence-electron chi connectivity index (χ4n) is 4.98. The molecule has 4 rings (SSSR count). The lowest BCUT2D eigenvalue weighted by atomic mass is 9.94. The monoisotopic (exact) mass is 486 g/mol. The second-order valence-electron chi connectivity index (χ2n) is 9.86. The molecule has 1 saturated carbocycles. The lowest BCUT2D eigenvalue weighted by molar-refractivity contribution is -0.141. The van der Waals surface area contributed by atoms with Gasteiger partial charge in [0.15, 0.2) is 0 Å². The molecule has 1 aliphatic carbocycles. The Hall–Kier alpha value is -3.47. The summed E-state index contributed by atoms with van der Waals surface area (Å²) in [6, 6.07) is 23.3. The summed E-state index contributed by atoms with van der Waals surface area (Å²) in [5.41, 5.74) is 3.78. The van der Waals surface area contributed by atoms with Crippen LogP contribution in [0.5, 0.6) is 0 Å². The molecule has 1 fully saturated rings. The number of hydrogen-bond donors (Lipinski definition) is 1. The van der Waals surface area contributed by atoms with Crippen LogP contribution in [0, 0.1) is 12.7 Å². The summed E-state index contributed by atoms with van der Waals surface area (Å²) in [5, 5.41) is 3.25. The SMILES string of the molecule is Cc1cccc(CC(=O)N(Cc2ccc(F)cc2)C(Cc2ccccc2)C(=O)NC2CCCCC2)c1. The molecule has 0 aromatic heterocycles. The van der Waals surface area contributed by atoms with Gasteiger partial charge in [-0.25, -0.2) is 4.39 Å². The maximum Gasteiger partial charge on any atom is 0.243 e. The Morgan fingerprint density at radius 3 is 2.28 bits per heavy atom. The molecule has 4 nitrogen and oxygen atoms in total. The van der Waals surface area contributed by atoms with Gasteiger partial charge in [0.25, 0.3) is 0 Å². The van der Waals surface area contributed by atoms with Gasteiger partial charge in [-0.15, -0.1) is 0 Å². The molecule has 36 heavy (non-hydrogen) atoms. The first-order chi connectivity index (χ1) is 17.5. The molecule has 1 aliphatic rings. The molecule has 0 saturated heterocycles. The summed E-state index contributed by atoms with van der Waals surface area (Å²) in [5.74, 6) is -0.567. The van der Waals surface area contributed by atoms with Crippen molar-refractivity contribution in [2.45, 2.75) is 70.5 Å². The lowest BCUT2D eigenvalue weighted by Crippen LogP contribution is -2.53. The van der Waals surface area contributed by atoms with E-state index >= 15 is 0 Å². The molecule has 2 amide bonds. The Morgan fingerprint density at radius 2 is 1.58 bits per heavy atom. The first kappa shape index (κ1) is 25.6. The van der Waals surface area contributed by atoms with Crippen LogP contribution in [0.4, 0.5) is 4.39 Å². The fourth-order valence-corrected chi connectivity index (χ4v) is 4.98. The molecule has 3 aromatic rings. The van der Waals surface area contributed by atoms with Gasteiger partial charge in [0.2, 0.25) is 11.8 Å². The van der Waals surface area contributed by atoms with Crippen molar-refractivity contribution in [2.24, 2.45) is 0 Å². The van der Waals surface area contributed by atoms with Crippen molar-refractivity contribution in [3.8, 4) is 0 Å². The summed E-state index contributed by atoms with van der Waals surface area (Å²) < 4.78 is 13.6. The molecule has 0 heterocycles. The van der Waals surface area contributed by atoms with Crippen molar-refractivity contribution in [1.29, 1.82) is 0 Å². The van der Waals surface area contributed by atoms with Crippen molar-refractivity contribution in [3.63, 3.8) is 0 Å². The summed E-state index contributed by atoms with van der Waals surface area (Å²) >= 11 is 0. The van der Waals surface area contributed by atoms with Crippen LogP contribution in [0.2, 0.25) is 0 Å². The van der Waals surface area contributed by atoms with Crippen LogP contribution in [-0.4, -0.2) is 28.8 Å². The molecule has 0 bridgehead atoms. The third-order valence-electron chi connectivity index (χ3n) is 6.93. The Labute approximate surface area is 213 Å². The van der Waals surface area contributed by atoms with Gasteiger partial charge < -0.3 is 10.2 Å². The van der Waals surface area contributed by atoms with Crippen LogP contribution in [0.1, 0.15) is 54.4 Å². The summed E-state index contributed by atoms with van der Waals surface area (Å²) in [6.45, 7) is 2.24. The number of amides is 2. The molecular formula is C31H35FN2O2. The molecule has 1 atom stereocenters. The van der Waals surface area contributed by atoms with E-state index in [4.69, 9.17) is 0 Å². The molecular weight excluding hydrogens is 451 g/mol. The zero-order valence-electron chi connectivity index (χ0n) is 21.0. The number of rotatable bonds is 9. The Balaban J connectivity index is 1.65. The van der Waals surface area contributed by atoms with E-state index in [0.717, 1.165) is 47.9 Å². The molecule has 0 spiro atoms. The van der Waals surface area contributed by atoms with Crippen LogP contribution >= 0.6 is 0 Å². The second kappa shape index (κ2) is 12.5. The summed E-state index contributed by atoms with van der Waals surface area (Å²) in [6.07, 6.45) is 5.98. The van der Waals surface area contributed by atoms with E-state index in [-0.39, 0.29) is 36.6 Å². The first-order valence-electron chi connectivity index (χ1n) is 12.9. The highest BCUT2D eigenvalue weighted by atomic mass is 19.1. The predicted octanol–water partition coefficient (Wildman–Crippen LogP) is 5.77. The molecule has 3 aromatic carbocycles. The van der Waals surface area contributed by atoms with Gasteiger partial charge in [0, 0.05) is 19.0 Å².